The number of aromatic nitrogens is 2. The van der Waals surface area contributed by atoms with E-state index < -0.39 is 0 Å². The number of alkyl halides is 1. The van der Waals surface area contributed by atoms with E-state index in [9.17, 15) is 0 Å². The van der Waals surface area contributed by atoms with E-state index in [4.69, 9.17) is 11.6 Å². The number of rotatable bonds is 4. The predicted molar refractivity (Wildman–Crippen MR) is 67.1 cm³/mol. The zero-order valence-electron chi connectivity index (χ0n) is 9.67. The standard InChI is InChI=1S/C12H18ClN3/c1-9(13)6-7-14-12-10-4-2-3-5-11(10)15-8-16-12/h8-9H,2-7H2,1H3,(H,14,15,16). The van der Waals surface area contributed by atoms with E-state index in [0.717, 1.165) is 31.6 Å². The maximum atomic E-state index is 5.91. The van der Waals surface area contributed by atoms with Crippen LogP contribution in [0.5, 0.6) is 0 Å². The van der Waals surface area contributed by atoms with Crippen LogP contribution in [0, 0.1) is 0 Å². The summed E-state index contributed by atoms with van der Waals surface area (Å²) in [6.07, 6.45) is 7.33. The lowest BCUT2D eigenvalue weighted by molar-refractivity contribution is 0.662. The average molecular weight is 240 g/mol. The van der Waals surface area contributed by atoms with Crippen LogP contribution in [-0.4, -0.2) is 21.9 Å². The highest BCUT2D eigenvalue weighted by atomic mass is 35.5. The molecule has 1 unspecified atom stereocenters. The van der Waals surface area contributed by atoms with Gasteiger partial charge in [-0.1, -0.05) is 0 Å². The van der Waals surface area contributed by atoms with Crippen molar-refractivity contribution in [2.75, 3.05) is 11.9 Å². The highest BCUT2D eigenvalue weighted by Crippen LogP contribution is 2.24. The van der Waals surface area contributed by atoms with Gasteiger partial charge in [0.15, 0.2) is 0 Å². The van der Waals surface area contributed by atoms with Gasteiger partial charge in [0.2, 0.25) is 0 Å². The normalized spacial score (nSPS) is 16.6. The van der Waals surface area contributed by atoms with E-state index in [0.29, 0.717) is 0 Å². The predicted octanol–water partition coefficient (Wildman–Crippen LogP) is 2.78. The lowest BCUT2D eigenvalue weighted by Crippen LogP contribution is -2.14. The van der Waals surface area contributed by atoms with E-state index in [1.54, 1.807) is 6.33 Å². The highest BCUT2D eigenvalue weighted by molar-refractivity contribution is 6.20. The number of halogens is 1. The lowest BCUT2D eigenvalue weighted by atomic mass is 9.96. The molecule has 1 aromatic rings. The first-order valence-electron chi connectivity index (χ1n) is 5.98. The minimum atomic E-state index is 0.213. The fraction of sp³-hybridized carbons (Fsp3) is 0.667. The van der Waals surface area contributed by atoms with Crippen LogP contribution >= 0.6 is 11.6 Å². The second-order valence-electron chi connectivity index (χ2n) is 4.35. The molecule has 0 saturated carbocycles. The molecular formula is C12H18ClN3. The Labute approximate surface area is 102 Å². The van der Waals surface area contributed by atoms with Gasteiger partial charge < -0.3 is 5.32 Å². The molecule has 1 atom stereocenters. The summed E-state index contributed by atoms with van der Waals surface area (Å²) >= 11 is 5.91. The highest BCUT2D eigenvalue weighted by Gasteiger charge is 2.14. The summed E-state index contributed by atoms with van der Waals surface area (Å²) in [5.74, 6) is 1.02. The van der Waals surface area contributed by atoms with Gasteiger partial charge in [0.25, 0.3) is 0 Å². The van der Waals surface area contributed by atoms with Crippen molar-refractivity contribution < 1.29 is 0 Å². The van der Waals surface area contributed by atoms with Gasteiger partial charge in [-0.15, -0.1) is 11.6 Å². The molecule has 1 heterocycles. The fourth-order valence-corrected chi connectivity index (χ4v) is 2.17. The third-order valence-corrected chi connectivity index (χ3v) is 3.18. The van der Waals surface area contributed by atoms with Crippen LogP contribution in [0.15, 0.2) is 6.33 Å². The van der Waals surface area contributed by atoms with Crippen molar-refractivity contribution in [1.29, 1.82) is 0 Å². The van der Waals surface area contributed by atoms with Crippen molar-refractivity contribution in [3.63, 3.8) is 0 Å². The largest absolute Gasteiger partial charge is 0.370 e. The van der Waals surface area contributed by atoms with Gasteiger partial charge in [0.05, 0.1) is 0 Å². The van der Waals surface area contributed by atoms with Crippen molar-refractivity contribution in [3.8, 4) is 0 Å². The Morgan fingerprint density at radius 2 is 2.19 bits per heavy atom. The smallest absolute Gasteiger partial charge is 0.132 e. The number of hydrogen-bond acceptors (Lipinski definition) is 3. The average Bonchev–Trinajstić information content (AvgIpc) is 2.29. The number of hydrogen-bond donors (Lipinski definition) is 1. The molecule has 3 nitrogen and oxygen atoms in total. The van der Waals surface area contributed by atoms with E-state index >= 15 is 0 Å². The summed E-state index contributed by atoms with van der Waals surface area (Å²) in [6.45, 7) is 2.90. The summed E-state index contributed by atoms with van der Waals surface area (Å²) in [5.41, 5.74) is 2.54. The molecule has 4 heteroatoms. The molecule has 0 saturated heterocycles. The van der Waals surface area contributed by atoms with Crippen LogP contribution in [0.1, 0.15) is 37.4 Å². The summed E-state index contributed by atoms with van der Waals surface area (Å²) in [4.78, 5) is 8.67. The molecular weight excluding hydrogens is 222 g/mol. The molecule has 1 aromatic heterocycles. The van der Waals surface area contributed by atoms with Gasteiger partial charge in [0.1, 0.15) is 12.1 Å². The summed E-state index contributed by atoms with van der Waals surface area (Å²) in [7, 11) is 0. The number of nitrogens with zero attached hydrogens (tertiary/aromatic N) is 2. The first-order valence-corrected chi connectivity index (χ1v) is 6.41. The maximum absolute atomic E-state index is 5.91. The Kier molecular flexibility index (Phi) is 3.99. The van der Waals surface area contributed by atoms with Crippen molar-refractivity contribution >= 4 is 17.4 Å². The molecule has 0 spiro atoms. The molecule has 0 bridgehead atoms. The molecule has 88 valence electrons. The third kappa shape index (κ3) is 2.85. The Bertz CT molecular complexity index is 352. The van der Waals surface area contributed by atoms with Crippen molar-refractivity contribution in [2.45, 2.75) is 44.4 Å². The first kappa shape index (κ1) is 11.6. The molecule has 1 aliphatic carbocycles. The maximum Gasteiger partial charge on any atom is 0.132 e. The second kappa shape index (κ2) is 5.48. The molecule has 0 aliphatic heterocycles. The van der Waals surface area contributed by atoms with Gasteiger partial charge in [0, 0.05) is 23.2 Å². The molecule has 16 heavy (non-hydrogen) atoms. The van der Waals surface area contributed by atoms with Crippen LogP contribution < -0.4 is 5.32 Å². The van der Waals surface area contributed by atoms with Gasteiger partial charge in [-0.3, -0.25) is 0 Å². The lowest BCUT2D eigenvalue weighted by Gasteiger charge is -2.18. The zero-order valence-corrected chi connectivity index (χ0v) is 10.4. The molecule has 0 radical (unpaired) electrons. The van der Waals surface area contributed by atoms with Gasteiger partial charge in [-0.2, -0.15) is 0 Å². The Morgan fingerprint density at radius 1 is 1.38 bits per heavy atom. The molecule has 0 fully saturated rings. The quantitative estimate of drug-likeness (QED) is 0.822. The van der Waals surface area contributed by atoms with Crippen molar-refractivity contribution in [1.82, 2.24) is 9.97 Å². The topological polar surface area (TPSA) is 37.8 Å². The molecule has 0 aromatic carbocycles. The number of fused-ring (bicyclic) bond motifs is 1. The van der Waals surface area contributed by atoms with Gasteiger partial charge in [-0.25, -0.2) is 9.97 Å². The van der Waals surface area contributed by atoms with Gasteiger partial charge in [-0.05, 0) is 39.0 Å². The summed E-state index contributed by atoms with van der Waals surface area (Å²) < 4.78 is 0. The second-order valence-corrected chi connectivity index (χ2v) is 5.10. The van der Waals surface area contributed by atoms with E-state index in [1.165, 1.54) is 24.1 Å². The SMILES string of the molecule is CC(Cl)CCNc1ncnc2c1CCCC2. The molecule has 1 aliphatic rings. The number of nitrogens with one attached hydrogen (secondary N) is 1. The minimum absolute atomic E-state index is 0.213. The third-order valence-electron chi connectivity index (χ3n) is 2.96. The Balaban J connectivity index is 2.03. The zero-order chi connectivity index (χ0) is 11.4. The molecule has 1 N–H and O–H groups in total. The summed E-state index contributed by atoms with van der Waals surface area (Å²) in [6, 6.07) is 0. The Hall–Kier alpha value is -0.830. The van der Waals surface area contributed by atoms with E-state index in [1.807, 2.05) is 6.92 Å². The summed E-state index contributed by atoms with van der Waals surface area (Å²) in [5, 5.41) is 3.58. The van der Waals surface area contributed by atoms with Crippen LogP contribution in [0.4, 0.5) is 5.82 Å². The van der Waals surface area contributed by atoms with Gasteiger partial charge >= 0.3 is 0 Å². The van der Waals surface area contributed by atoms with E-state index in [2.05, 4.69) is 15.3 Å². The van der Waals surface area contributed by atoms with E-state index in [-0.39, 0.29) is 5.38 Å². The first-order chi connectivity index (χ1) is 7.77. The number of anilines is 1. The number of aryl methyl sites for hydroxylation is 1. The monoisotopic (exact) mass is 239 g/mol. The van der Waals surface area contributed by atoms with Crippen LogP contribution in [0.3, 0.4) is 0 Å². The van der Waals surface area contributed by atoms with Crippen LogP contribution in [0.25, 0.3) is 0 Å². The van der Waals surface area contributed by atoms with Crippen LogP contribution in [-0.2, 0) is 12.8 Å². The molecule has 0 amide bonds. The van der Waals surface area contributed by atoms with Crippen molar-refractivity contribution in [2.24, 2.45) is 0 Å². The van der Waals surface area contributed by atoms with Crippen LogP contribution in [0.2, 0.25) is 0 Å². The Morgan fingerprint density at radius 3 is 3.00 bits per heavy atom. The molecule has 2 rings (SSSR count). The van der Waals surface area contributed by atoms with Crippen molar-refractivity contribution in [3.05, 3.63) is 17.6 Å². The minimum Gasteiger partial charge on any atom is -0.370 e. The fourth-order valence-electron chi connectivity index (χ4n) is 2.06.